The van der Waals surface area contributed by atoms with Gasteiger partial charge in [-0.1, -0.05) is 38.8 Å². The molecule has 0 spiro atoms. The van der Waals surface area contributed by atoms with E-state index in [2.05, 4.69) is 43.7 Å². The van der Waals surface area contributed by atoms with Crippen molar-refractivity contribution in [1.82, 2.24) is 4.90 Å². The van der Waals surface area contributed by atoms with Gasteiger partial charge in [0.15, 0.2) is 0 Å². The quantitative estimate of drug-likeness (QED) is 0.745. The second-order valence-electron chi connectivity index (χ2n) is 2.52. The fourth-order valence-electron chi connectivity index (χ4n) is 1.09. The molecule has 58 valence electrons. The van der Waals surface area contributed by atoms with E-state index >= 15 is 0 Å². The third-order valence-electron chi connectivity index (χ3n) is 1.56. The topological polar surface area (TPSA) is 3.24 Å². The normalized spacial score (nSPS) is 20.7. The summed E-state index contributed by atoms with van der Waals surface area (Å²) in [6, 6.07) is 0. The maximum atomic E-state index is 3.51. The lowest BCUT2D eigenvalue weighted by atomic mass is 10.4. The molecule has 0 unspecified atom stereocenters. The average Bonchev–Trinajstić information content (AvgIpc) is 2.14. The molecule has 1 aliphatic heterocycles. The fourth-order valence-corrected chi connectivity index (χ4v) is 2.05. The number of halogens is 2. The third-order valence-corrected chi connectivity index (χ3v) is 3.55. The molecule has 0 amide bonds. The first-order valence-corrected chi connectivity index (χ1v) is 5.08. The van der Waals surface area contributed by atoms with Crippen molar-refractivity contribution in [2.45, 2.75) is 13.3 Å². The van der Waals surface area contributed by atoms with Gasteiger partial charge in [0.2, 0.25) is 0 Å². The fraction of sp³-hybridized carbons (Fsp3) is 0.714. The molecule has 0 aromatic heterocycles. The van der Waals surface area contributed by atoms with E-state index in [1.807, 2.05) is 0 Å². The van der Waals surface area contributed by atoms with Crippen molar-refractivity contribution >= 4 is 31.9 Å². The van der Waals surface area contributed by atoms with E-state index in [4.69, 9.17) is 0 Å². The highest BCUT2D eigenvalue weighted by molar-refractivity contribution is 9.14. The Morgan fingerprint density at radius 2 is 1.80 bits per heavy atom. The second kappa shape index (κ2) is 3.88. The molecule has 0 saturated carbocycles. The van der Waals surface area contributed by atoms with Crippen LogP contribution in [0.5, 0.6) is 0 Å². The van der Waals surface area contributed by atoms with Crippen LogP contribution in [0.2, 0.25) is 0 Å². The molecule has 1 rings (SSSR count). The molecule has 1 aliphatic rings. The zero-order valence-corrected chi connectivity index (χ0v) is 9.20. The highest BCUT2D eigenvalue weighted by atomic mass is 79.9. The van der Waals surface area contributed by atoms with Crippen LogP contribution in [-0.4, -0.2) is 24.5 Å². The molecule has 0 N–H and O–H groups in total. The smallest absolute Gasteiger partial charge is 0.0312 e. The second-order valence-corrected chi connectivity index (χ2v) is 4.43. The molecule has 0 aromatic rings. The number of hydrogen-bond acceptors (Lipinski definition) is 1. The van der Waals surface area contributed by atoms with Crippen molar-refractivity contribution < 1.29 is 0 Å². The summed E-state index contributed by atoms with van der Waals surface area (Å²) in [6.45, 7) is 5.56. The summed E-state index contributed by atoms with van der Waals surface area (Å²) in [5.41, 5.74) is 0. The molecule has 1 nitrogen and oxygen atoms in total. The first-order valence-electron chi connectivity index (χ1n) is 3.49. The van der Waals surface area contributed by atoms with Crippen LogP contribution in [0.4, 0.5) is 0 Å². The highest BCUT2D eigenvalue weighted by Crippen LogP contribution is 2.26. The Hall–Kier alpha value is 0.660. The monoisotopic (exact) mass is 267 g/mol. The van der Waals surface area contributed by atoms with Gasteiger partial charge in [-0.25, -0.2) is 0 Å². The standard InChI is InChI=1S/C7H11Br2N/c1-2-3-10-4-6(8)7(9)5-10/h2-5H2,1H3. The summed E-state index contributed by atoms with van der Waals surface area (Å²) in [6.07, 6.45) is 1.24. The Balaban J connectivity index is 2.36. The van der Waals surface area contributed by atoms with Gasteiger partial charge in [-0.15, -0.1) is 0 Å². The predicted octanol–water partition coefficient (Wildman–Crippen LogP) is 2.71. The van der Waals surface area contributed by atoms with E-state index < -0.39 is 0 Å². The summed E-state index contributed by atoms with van der Waals surface area (Å²) >= 11 is 7.01. The molecule has 0 bridgehead atoms. The molecule has 0 aliphatic carbocycles. The van der Waals surface area contributed by atoms with Crippen molar-refractivity contribution in [2.75, 3.05) is 19.6 Å². The van der Waals surface area contributed by atoms with Crippen molar-refractivity contribution in [3.8, 4) is 0 Å². The lowest BCUT2D eigenvalue weighted by molar-refractivity contribution is 0.351. The lowest BCUT2D eigenvalue weighted by Gasteiger charge is -2.12. The Morgan fingerprint density at radius 1 is 1.30 bits per heavy atom. The van der Waals surface area contributed by atoms with Gasteiger partial charge in [-0.2, -0.15) is 0 Å². The summed E-state index contributed by atoms with van der Waals surface area (Å²) < 4.78 is 2.61. The van der Waals surface area contributed by atoms with Gasteiger partial charge < -0.3 is 0 Å². The first kappa shape index (κ1) is 8.75. The van der Waals surface area contributed by atoms with Crippen molar-refractivity contribution in [3.05, 3.63) is 8.96 Å². The number of hydrogen-bond donors (Lipinski definition) is 0. The van der Waals surface area contributed by atoms with Crippen LogP contribution < -0.4 is 0 Å². The zero-order chi connectivity index (χ0) is 7.56. The molecule has 0 radical (unpaired) electrons. The van der Waals surface area contributed by atoms with E-state index in [1.54, 1.807) is 0 Å². The van der Waals surface area contributed by atoms with Gasteiger partial charge >= 0.3 is 0 Å². The lowest BCUT2D eigenvalue weighted by Crippen LogP contribution is -2.21. The highest BCUT2D eigenvalue weighted by Gasteiger charge is 2.16. The van der Waals surface area contributed by atoms with Crippen molar-refractivity contribution in [1.29, 1.82) is 0 Å². The summed E-state index contributed by atoms with van der Waals surface area (Å²) in [5, 5.41) is 0. The molecular weight excluding hydrogens is 258 g/mol. The minimum atomic E-state index is 1.08. The van der Waals surface area contributed by atoms with Crippen LogP contribution in [0.1, 0.15) is 13.3 Å². The minimum absolute atomic E-state index is 1.08. The van der Waals surface area contributed by atoms with Crippen molar-refractivity contribution in [3.63, 3.8) is 0 Å². The van der Waals surface area contributed by atoms with Gasteiger partial charge in [0, 0.05) is 22.1 Å². The molecule has 1 heterocycles. The van der Waals surface area contributed by atoms with E-state index in [1.165, 1.54) is 21.9 Å². The van der Waals surface area contributed by atoms with E-state index in [0.717, 1.165) is 13.1 Å². The Bertz CT molecular complexity index is 140. The van der Waals surface area contributed by atoms with Crippen LogP contribution in [0.25, 0.3) is 0 Å². The van der Waals surface area contributed by atoms with Gasteiger partial charge in [0.05, 0.1) is 0 Å². The van der Waals surface area contributed by atoms with E-state index in [-0.39, 0.29) is 0 Å². The first-order chi connectivity index (χ1) is 4.74. The Kier molecular flexibility index (Phi) is 3.40. The largest absolute Gasteiger partial charge is 0.294 e. The number of nitrogens with zero attached hydrogens (tertiary/aromatic N) is 1. The van der Waals surface area contributed by atoms with Crippen LogP contribution in [0.3, 0.4) is 0 Å². The van der Waals surface area contributed by atoms with Gasteiger partial charge in [-0.05, 0) is 13.0 Å². The number of rotatable bonds is 2. The van der Waals surface area contributed by atoms with Crippen LogP contribution >= 0.6 is 31.9 Å². The van der Waals surface area contributed by atoms with Crippen LogP contribution in [0.15, 0.2) is 8.96 Å². The summed E-state index contributed by atoms with van der Waals surface area (Å²) in [7, 11) is 0. The Labute approximate surface area is 78.7 Å². The molecule has 0 aromatic carbocycles. The van der Waals surface area contributed by atoms with E-state index in [0.29, 0.717) is 0 Å². The van der Waals surface area contributed by atoms with Crippen LogP contribution in [0, 0.1) is 0 Å². The third kappa shape index (κ3) is 2.07. The maximum absolute atomic E-state index is 3.51. The maximum Gasteiger partial charge on any atom is 0.0312 e. The van der Waals surface area contributed by atoms with Gasteiger partial charge in [-0.3, -0.25) is 4.90 Å². The SMILES string of the molecule is CCCN1CC(Br)=C(Br)C1. The van der Waals surface area contributed by atoms with E-state index in [9.17, 15) is 0 Å². The van der Waals surface area contributed by atoms with Crippen molar-refractivity contribution in [2.24, 2.45) is 0 Å². The summed E-state index contributed by atoms with van der Waals surface area (Å²) in [4.78, 5) is 2.41. The Morgan fingerprint density at radius 3 is 2.20 bits per heavy atom. The molecule has 0 atom stereocenters. The molecule has 0 saturated heterocycles. The minimum Gasteiger partial charge on any atom is -0.294 e. The zero-order valence-electron chi connectivity index (χ0n) is 6.03. The summed E-state index contributed by atoms with van der Waals surface area (Å²) in [5.74, 6) is 0. The average molecular weight is 269 g/mol. The molecular formula is C7H11Br2N. The molecule has 0 fully saturated rings. The molecule has 10 heavy (non-hydrogen) atoms. The van der Waals surface area contributed by atoms with Gasteiger partial charge in [0.1, 0.15) is 0 Å². The predicted molar refractivity (Wildman–Crippen MR) is 51.6 cm³/mol. The van der Waals surface area contributed by atoms with Gasteiger partial charge in [0.25, 0.3) is 0 Å². The molecule has 3 heteroatoms. The van der Waals surface area contributed by atoms with Crippen LogP contribution in [-0.2, 0) is 0 Å².